The van der Waals surface area contributed by atoms with Crippen LogP contribution in [0.25, 0.3) is 55.0 Å². The third kappa shape index (κ3) is 4.32. The van der Waals surface area contributed by atoms with Gasteiger partial charge in [-0.2, -0.15) is 0 Å². The maximum absolute atomic E-state index is 6.51. The van der Waals surface area contributed by atoms with Crippen LogP contribution in [-0.4, -0.2) is 0 Å². The highest BCUT2D eigenvalue weighted by Crippen LogP contribution is 2.42. The lowest BCUT2D eigenvalue weighted by molar-refractivity contribution is 0.663. The van der Waals surface area contributed by atoms with E-state index in [0.29, 0.717) is 0 Å². The van der Waals surface area contributed by atoms with Gasteiger partial charge in [0.1, 0.15) is 22.3 Å². The van der Waals surface area contributed by atoms with Gasteiger partial charge in [0.15, 0.2) is 0 Å². The van der Waals surface area contributed by atoms with Crippen LogP contribution in [0, 0.1) is 0 Å². The van der Waals surface area contributed by atoms with Gasteiger partial charge in [-0.1, -0.05) is 88.2 Å². The summed E-state index contributed by atoms with van der Waals surface area (Å²) in [7, 11) is 0. The third-order valence-electron chi connectivity index (χ3n) is 7.34. The highest BCUT2D eigenvalue weighted by Gasteiger charge is 2.19. The van der Waals surface area contributed by atoms with Gasteiger partial charge in [0.2, 0.25) is 0 Å². The monoisotopic (exact) mass is 533 g/mol. The summed E-state index contributed by atoms with van der Waals surface area (Å²) in [6.07, 6.45) is 13.8. The van der Waals surface area contributed by atoms with E-state index in [9.17, 15) is 0 Å². The summed E-state index contributed by atoms with van der Waals surface area (Å²) in [6, 6.07) is 25.0. The molecule has 3 nitrogen and oxygen atoms in total. The van der Waals surface area contributed by atoms with Crippen molar-refractivity contribution in [3.63, 3.8) is 0 Å². The number of hydrogen-bond acceptors (Lipinski definition) is 3. The molecule has 0 radical (unpaired) electrons. The minimum atomic E-state index is 0.799. The number of fused-ring (bicyclic) bond motifs is 8. The van der Waals surface area contributed by atoms with Crippen molar-refractivity contribution in [2.75, 3.05) is 4.90 Å². The summed E-state index contributed by atoms with van der Waals surface area (Å²) in [4.78, 5) is 2.20. The van der Waals surface area contributed by atoms with E-state index in [-0.39, 0.29) is 0 Å². The predicted molar refractivity (Wildman–Crippen MR) is 177 cm³/mol. The molecule has 0 saturated carbocycles. The fourth-order valence-electron chi connectivity index (χ4n) is 5.48. The van der Waals surface area contributed by atoms with Crippen LogP contribution in [0.3, 0.4) is 0 Å². The van der Waals surface area contributed by atoms with Gasteiger partial charge in [-0.15, -0.1) is 0 Å². The molecule has 0 saturated heterocycles. The van der Waals surface area contributed by atoms with Crippen LogP contribution in [0.5, 0.6) is 0 Å². The molecule has 0 spiro atoms. The topological polar surface area (TPSA) is 29.5 Å². The zero-order valence-electron chi connectivity index (χ0n) is 23.4. The smallest absolute Gasteiger partial charge is 0.147 e. The van der Waals surface area contributed by atoms with Gasteiger partial charge >= 0.3 is 0 Å². The van der Waals surface area contributed by atoms with Crippen LogP contribution >= 0.6 is 0 Å². The molecule has 7 rings (SSSR count). The van der Waals surface area contributed by atoms with Gasteiger partial charge in [0, 0.05) is 33.6 Å². The van der Waals surface area contributed by atoms with Crippen molar-refractivity contribution in [3.05, 3.63) is 146 Å². The Morgan fingerprint density at radius 2 is 1.56 bits per heavy atom. The fraction of sp³-hybridized carbons (Fsp3) is 0.0526. The second-order valence-corrected chi connectivity index (χ2v) is 9.59. The van der Waals surface area contributed by atoms with Crippen LogP contribution in [0.2, 0.25) is 0 Å². The van der Waals surface area contributed by atoms with Crippen molar-refractivity contribution in [3.8, 4) is 0 Å². The van der Waals surface area contributed by atoms with E-state index in [1.165, 1.54) is 0 Å². The summed E-state index contributed by atoms with van der Waals surface area (Å²) in [5.74, 6) is 0. The Morgan fingerprint density at radius 1 is 0.780 bits per heavy atom. The number of benzene rings is 4. The lowest BCUT2D eigenvalue weighted by atomic mass is 10.0. The molecule has 0 bridgehead atoms. The zero-order valence-corrected chi connectivity index (χ0v) is 23.4. The van der Waals surface area contributed by atoms with E-state index in [0.717, 1.165) is 77.5 Å². The minimum absolute atomic E-state index is 0.799. The molecule has 3 heteroatoms. The molecule has 3 heterocycles. The molecule has 4 aromatic carbocycles. The lowest BCUT2D eigenvalue weighted by Crippen LogP contribution is -2.11. The van der Waals surface area contributed by atoms with Crippen LogP contribution in [0.4, 0.5) is 11.4 Å². The van der Waals surface area contributed by atoms with Crippen LogP contribution in [0.1, 0.15) is 25.0 Å². The molecule has 0 atom stereocenters. The highest BCUT2D eigenvalue weighted by molar-refractivity contribution is 6.22. The molecule has 41 heavy (non-hydrogen) atoms. The number of anilines is 2. The highest BCUT2D eigenvalue weighted by atomic mass is 16.3. The average Bonchev–Trinajstić information content (AvgIpc) is 3.57. The first-order chi connectivity index (χ1) is 20.2. The molecule has 0 unspecified atom stereocenters. The summed E-state index contributed by atoms with van der Waals surface area (Å²) >= 11 is 0. The summed E-state index contributed by atoms with van der Waals surface area (Å²) < 4.78 is 12.7. The molecule has 6 aromatic rings. The second-order valence-electron chi connectivity index (χ2n) is 9.59. The maximum Gasteiger partial charge on any atom is 0.147 e. The number of para-hydroxylation sites is 1. The third-order valence-corrected chi connectivity index (χ3v) is 7.34. The zero-order chi connectivity index (χ0) is 28.5. The first kappa shape index (κ1) is 26.0. The Morgan fingerprint density at radius 3 is 2.39 bits per heavy atom. The van der Waals surface area contributed by atoms with E-state index in [1.54, 1.807) is 6.08 Å². The van der Waals surface area contributed by atoms with Crippen molar-refractivity contribution in [1.29, 1.82) is 0 Å². The molecule has 0 fully saturated rings. The first-order valence-corrected chi connectivity index (χ1v) is 13.9. The Balaban J connectivity index is 0.00000148. The van der Waals surface area contributed by atoms with E-state index >= 15 is 0 Å². The van der Waals surface area contributed by atoms with E-state index < -0.39 is 0 Å². The molecule has 1 aliphatic rings. The summed E-state index contributed by atoms with van der Waals surface area (Å²) in [5.41, 5.74) is 9.52. The summed E-state index contributed by atoms with van der Waals surface area (Å²) in [6.45, 7) is 16.1. The van der Waals surface area contributed by atoms with Crippen molar-refractivity contribution in [1.82, 2.24) is 0 Å². The standard InChI is InChI=1S/C36H25NO2.C2H6/c1-4-10-24(5-2)25-14-17-33-30(21-25)35-34(38-33)19-16-28-29-22-26(15-18-32(29)39-36(28)35)37-20-9-8-11-23(3)27-12-6-7-13-31(27)37;1-2/h4-22H,1-3H2;1-2H3/b11-8-,20-9-,24-10+;. The molecule has 0 N–H and O–H groups in total. The lowest BCUT2D eigenvalue weighted by Gasteiger charge is -2.25. The molecule has 1 aliphatic heterocycles. The normalized spacial score (nSPS) is 14.8. The van der Waals surface area contributed by atoms with E-state index in [1.807, 2.05) is 74.6 Å². The van der Waals surface area contributed by atoms with Gasteiger partial charge in [0.05, 0.1) is 11.1 Å². The quantitative estimate of drug-likeness (QED) is 0.211. The van der Waals surface area contributed by atoms with Gasteiger partial charge in [-0.3, -0.25) is 0 Å². The minimum Gasteiger partial charge on any atom is -0.456 e. The predicted octanol–water partition coefficient (Wildman–Crippen LogP) is 11.5. The Kier molecular flexibility index (Phi) is 6.78. The summed E-state index contributed by atoms with van der Waals surface area (Å²) in [5, 5.41) is 4.08. The molecule has 2 aromatic heterocycles. The first-order valence-electron chi connectivity index (χ1n) is 13.9. The average molecular weight is 534 g/mol. The van der Waals surface area contributed by atoms with Crippen molar-refractivity contribution < 1.29 is 8.83 Å². The van der Waals surface area contributed by atoms with Gasteiger partial charge < -0.3 is 13.7 Å². The molecule has 0 aliphatic carbocycles. The number of furan rings is 2. The number of rotatable bonds is 4. The molecular weight excluding hydrogens is 502 g/mol. The Bertz CT molecular complexity index is 2080. The van der Waals surface area contributed by atoms with Crippen LogP contribution in [-0.2, 0) is 0 Å². The molecule has 200 valence electrons. The Labute approximate surface area is 240 Å². The van der Waals surface area contributed by atoms with Gasteiger partial charge in [-0.25, -0.2) is 0 Å². The fourth-order valence-corrected chi connectivity index (χ4v) is 5.48. The van der Waals surface area contributed by atoms with Crippen LogP contribution < -0.4 is 4.90 Å². The van der Waals surface area contributed by atoms with Crippen molar-refractivity contribution in [2.24, 2.45) is 0 Å². The maximum atomic E-state index is 6.51. The van der Waals surface area contributed by atoms with Gasteiger partial charge in [0.25, 0.3) is 0 Å². The number of hydrogen-bond donors (Lipinski definition) is 0. The molecule has 0 amide bonds. The SMILES string of the molecule is C=C/C=C(\C=C)c1ccc2oc3ccc4c5cc(N6/C=C\C=C/C(=C)c7ccccc76)ccc5oc4c3c2c1.CC. The van der Waals surface area contributed by atoms with E-state index in [4.69, 9.17) is 8.83 Å². The Hall–Kier alpha value is -5.28. The number of nitrogens with zero attached hydrogens (tertiary/aromatic N) is 1. The molecular formula is C38H31NO2. The van der Waals surface area contributed by atoms with E-state index in [2.05, 4.69) is 73.3 Å². The largest absolute Gasteiger partial charge is 0.456 e. The van der Waals surface area contributed by atoms with Crippen molar-refractivity contribution in [2.45, 2.75) is 13.8 Å². The van der Waals surface area contributed by atoms with Crippen LogP contribution in [0.15, 0.2) is 144 Å². The van der Waals surface area contributed by atoms with Gasteiger partial charge in [-0.05, 0) is 71.3 Å². The number of allylic oxidation sites excluding steroid dienone is 8. The second kappa shape index (κ2) is 10.7. The van der Waals surface area contributed by atoms with Crippen molar-refractivity contribution >= 4 is 66.4 Å².